The molecule has 1 aromatic heterocycles. The predicted octanol–water partition coefficient (Wildman–Crippen LogP) is 4.65. The number of pyridine rings is 1. The molecule has 3 aromatic rings. The van der Waals surface area contributed by atoms with Crippen LogP contribution >= 0.6 is 47.0 Å². The van der Waals surface area contributed by atoms with E-state index < -0.39 is 15.9 Å². The Hall–Kier alpha value is -2.12. The molecule has 28 heavy (non-hydrogen) atoms. The van der Waals surface area contributed by atoms with Crippen LogP contribution in [0.2, 0.25) is 0 Å². The number of anilines is 1. The van der Waals surface area contributed by atoms with Gasteiger partial charge in [-0.1, -0.05) is 77.3 Å². The monoisotopic (exact) mass is 452 g/mol. The molecule has 0 saturated heterocycles. The Morgan fingerprint density at radius 2 is 1.68 bits per heavy atom. The molecule has 1 amide bonds. The van der Waals surface area contributed by atoms with Gasteiger partial charge in [-0.25, -0.2) is 4.98 Å². The molecule has 1 atom stereocenters. The van der Waals surface area contributed by atoms with Crippen molar-refractivity contribution in [3.05, 3.63) is 72.4 Å². The molecule has 9 heteroatoms. The third kappa shape index (κ3) is 5.23. The van der Waals surface area contributed by atoms with E-state index in [0.29, 0.717) is 11.4 Å². The second-order valence-corrected chi connectivity index (χ2v) is 8.57. The summed E-state index contributed by atoms with van der Waals surface area (Å²) >= 11 is 23.4. The molecule has 0 aliphatic carbocycles. The van der Waals surface area contributed by atoms with Gasteiger partial charge in [0.1, 0.15) is 12.0 Å². The molecule has 0 radical (unpaired) electrons. The summed E-state index contributed by atoms with van der Waals surface area (Å²) < 4.78 is -1.85. The lowest BCUT2D eigenvalue weighted by Gasteiger charge is -2.27. The minimum atomic E-state index is -1.85. The van der Waals surface area contributed by atoms with E-state index >= 15 is 0 Å². The zero-order chi connectivity index (χ0) is 20.1. The van der Waals surface area contributed by atoms with E-state index in [1.54, 1.807) is 36.5 Å². The second kappa shape index (κ2) is 8.92. The fourth-order valence-corrected chi connectivity index (χ4v) is 3.10. The maximum atomic E-state index is 12.9. The predicted molar refractivity (Wildman–Crippen MR) is 119 cm³/mol. The Labute approximate surface area is 182 Å². The number of nitrogens with zero attached hydrogens (tertiary/aromatic N) is 1. The number of benzene rings is 2. The third-order valence-corrected chi connectivity index (χ3v) is 4.69. The van der Waals surface area contributed by atoms with E-state index in [2.05, 4.69) is 20.9 Å². The molecular formula is C19H15Cl3N4OS. The van der Waals surface area contributed by atoms with E-state index in [-0.39, 0.29) is 5.11 Å². The quantitative estimate of drug-likeness (QED) is 0.305. The van der Waals surface area contributed by atoms with Crippen molar-refractivity contribution in [2.75, 3.05) is 5.32 Å². The number of fused-ring (bicyclic) bond motifs is 1. The summed E-state index contributed by atoms with van der Waals surface area (Å²) in [6.07, 6.45) is 0.535. The zero-order valence-electron chi connectivity index (χ0n) is 14.3. The van der Waals surface area contributed by atoms with Crippen LogP contribution in [0.15, 0.2) is 66.9 Å². The summed E-state index contributed by atoms with van der Waals surface area (Å²) in [6.45, 7) is 0. The van der Waals surface area contributed by atoms with Crippen molar-refractivity contribution in [1.82, 2.24) is 15.6 Å². The van der Waals surface area contributed by atoms with Gasteiger partial charge < -0.3 is 16.0 Å². The molecule has 3 N–H and O–H groups in total. The largest absolute Gasteiger partial charge is 0.339 e. The highest BCUT2D eigenvalue weighted by Gasteiger charge is 2.35. The summed E-state index contributed by atoms with van der Waals surface area (Å²) in [5.41, 5.74) is 0.461. The lowest BCUT2D eigenvalue weighted by Crippen LogP contribution is -2.56. The van der Waals surface area contributed by atoms with Crippen LogP contribution in [0.4, 0.5) is 5.82 Å². The number of alkyl halides is 3. The van der Waals surface area contributed by atoms with Gasteiger partial charge in [-0.2, -0.15) is 0 Å². The van der Waals surface area contributed by atoms with E-state index in [4.69, 9.17) is 47.0 Å². The molecule has 0 aliphatic heterocycles. The standard InChI is InChI=1S/C19H15Cl3N4OS/c20-19(21,22)17(26-18(28)24-15-10-3-4-11-23-15)25-16(27)14-9-5-7-12-6-1-2-8-13(12)14/h1-11,17H,(H,25,27)(H2,23,24,26,28)/t17-/m0/s1. The van der Waals surface area contributed by atoms with Crippen LogP contribution in [0.5, 0.6) is 0 Å². The van der Waals surface area contributed by atoms with Crippen LogP contribution in [0.3, 0.4) is 0 Å². The van der Waals surface area contributed by atoms with E-state index in [0.717, 1.165) is 10.8 Å². The van der Waals surface area contributed by atoms with Gasteiger partial charge in [-0.15, -0.1) is 0 Å². The fraction of sp³-hybridized carbons (Fsp3) is 0.105. The molecular weight excluding hydrogens is 439 g/mol. The van der Waals surface area contributed by atoms with Crippen LogP contribution in [-0.4, -0.2) is 26.0 Å². The van der Waals surface area contributed by atoms with Gasteiger partial charge in [0.05, 0.1) is 0 Å². The lowest BCUT2D eigenvalue weighted by molar-refractivity contribution is 0.0936. The molecule has 144 valence electrons. The van der Waals surface area contributed by atoms with Crippen LogP contribution < -0.4 is 16.0 Å². The number of rotatable bonds is 4. The topological polar surface area (TPSA) is 66.1 Å². The average Bonchev–Trinajstić information content (AvgIpc) is 2.67. The Morgan fingerprint density at radius 1 is 0.964 bits per heavy atom. The number of halogens is 3. The first-order valence-electron chi connectivity index (χ1n) is 8.18. The van der Waals surface area contributed by atoms with Gasteiger partial charge in [-0.3, -0.25) is 4.79 Å². The van der Waals surface area contributed by atoms with Gasteiger partial charge in [-0.05, 0) is 41.2 Å². The molecule has 0 saturated carbocycles. The fourth-order valence-electron chi connectivity index (χ4n) is 2.55. The first-order chi connectivity index (χ1) is 13.3. The summed E-state index contributed by atoms with van der Waals surface area (Å²) in [5.74, 6) is 0.115. The second-order valence-electron chi connectivity index (χ2n) is 5.79. The first kappa shape index (κ1) is 20.6. The van der Waals surface area contributed by atoms with E-state index in [1.165, 1.54) is 0 Å². The molecule has 2 aromatic carbocycles. The number of nitrogens with one attached hydrogen (secondary N) is 3. The molecule has 0 fully saturated rings. The highest BCUT2D eigenvalue weighted by atomic mass is 35.6. The Morgan fingerprint density at radius 3 is 2.39 bits per heavy atom. The zero-order valence-corrected chi connectivity index (χ0v) is 17.4. The Bertz CT molecular complexity index is 990. The minimum absolute atomic E-state index is 0.147. The average molecular weight is 454 g/mol. The van der Waals surface area contributed by atoms with Gasteiger partial charge in [0, 0.05) is 11.8 Å². The number of thiocarbonyl (C=S) groups is 1. The van der Waals surface area contributed by atoms with Crippen molar-refractivity contribution >= 4 is 74.6 Å². The summed E-state index contributed by atoms with van der Waals surface area (Å²) in [4.78, 5) is 17.0. The van der Waals surface area contributed by atoms with Crippen molar-refractivity contribution in [3.63, 3.8) is 0 Å². The van der Waals surface area contributed by atoms with Gasteiger partial charge in [0.25, 0.3) is 5.91 Å². The summed E-state index contributed by atoms with van der Waals surface area (Å²) in [7, 11) is 0. The maximum absolute atomic E-state index is 12.9. The number of carbonyl (C=O) groups excluding carboxylic acids is 1. The lowest BCUT2D eigenvalue weighted by atomic mass is 10.0. The van der Waals surface area contributed by atoms with E-state index in [9.17, 15) is 4.79 Å². The van der Waals surface area contributed by atoms with Crippen molar-refractivity contribution in [1.29, 1.82) is 0 Å². The smallest absolute Gasteiger partial charge is 0.253 e. The maximum Gasteiger partial charge on any atom is 0.253 e. The molecule has 5 nitrogen and oxygen atoms in total. The molecule has 0 unspecified atom stereocenters. The molecule has 0 bridgehead atoms. The number of aromatic nitrogens is 1. The molecule has 0 aliphatic rings. The van der Waals surface area contributed by atoms with Crippen molar-refractivity contribution < 1.29 is 4.79 Å². The van der Waals surface area contributed by atoms with Crippen LogP contribution in [-0.2, 0) is 0 Å². The van der Waals surface area contributed by atoms with Crippen LogP contribution in [0, 0.1) is 0 Å². The van der Waals surface area contributed by atoms with Crippen LogP contribution in [0.1, 0.15) is 10.4 Å². The van der Waals surface area contributed by atoms with E-state index in [1.807, 2.05) is 30.3 Å². The molecule has 0 spiro atoms. The van der Waals surface area contributed by atoms with Crippen LogP contribution in [0.25, 0.3) is 10.8 Å². The number of carbonyl (C=O) groups is 1. The normalized spacial score (nSPS) is 12.2. The van der Waals surface area contributed by atoms with Crippen molar-refractivity contribution in [3.8, 4) is 0 Å². The summed E-state index contributed by atoms with van der Waals surface area (Å²) in [5, 5.41) is 10.2. The SMILES string of the molecule is O=C(N[C@@H](NC(=S)Nc1ccccn1)C(Cl)(Cl)Cl)c1cccc2ccccc12. The van der Waals surface area contributed by atoms with Gasteiger partial charge in [0.15, 0.2) is 5.11 Å². The minimum Gasteiger partial charge on any atom is -0.339 e. The molecule has 3 rings (SSSR count). The Kier molecular flexibility index (Phi) is 6.57. The van der Waals surface area contributed by atoms with Crippen molar-refractivity contribution in [2.24, 2.45) is 0 Å². The number of hydrogen-bond acceptors (Lipinski definition) is 3. The highest BCUT2D eigenvalue weighted by Crippen LogP contribution is 2.29. The highest BCUT2D eigenvalue weighted by molar-refractivity contribution is 7.80. The van der Waals surface area contributed by atoms with Gasteiger partial charge in [0.2, 0.25) is 3.79 Å². The third-order valence-electron chi connectivity index (χ3n) is 3.82. The van der Waals surface area contributed by atoms with Crippen molar-refractivity contribution in [2.45, 2.75) is 9.96 Å². The molecule has 1 heterocycles. The first-order valence-corrected chi connectivity index (χ1v) is 9.73. The van der Waals surface area contributed by atoms with Gasteiger partial charge >= 0.3 is 0 Å². The summed E-state index contributed by atoms with van der Waals surface area (Å²) in [6, 6.07) is 18.3. The number of amides is 1. The Balaban J connectivity index is 1.77. The number of hydrogen-bond donors (Lipinski definition) is 3.